The predicted molar refractivity (Wildman–Crippen MR) is 102 cm³/mol. The molecule has 0 aliphatic heterocycles. The van der Waals surface area contributed by atoms with Crippen LogP contribution in [0.15, 0.2) is 11.5 Å². The van der Waals surface area contributed by atoms with Crippen LogP contribution in [-0.4, -0.2) is 63.4 Å². The third-order valence-electron chi connectivity index (χ3n) is 3.59. The Bertz CT molecular complexity index is 422. The second-order valence-corrected chi connectivity index (χ2v) is 8.77. The summed E-state index contributed by atoms with van der Waals surface area (Å²) in [5.41, 5.74) is 0. The van der Waals surface area contributed by atoms with Crippen molar-refractivity contribution in [3.05, 3.63) is 11.5 Å². The molecule has 0 unspecified atom stereocenters. The number of hydrogen-bond donors (Lipinski definition) is 1. The van der Waals surface area contributed by atoms with Crippen molar-refractivity contribution in [3.63, 3.8) is 0 Å². The first-order valence-corrected chi connectivity index (χ1v) is 11.5. The van der Waals surface area contributed by atoms with E-state index in [0.717, 1.165) is 25.7 Å². The molecular formula is C17H34F5NO4S. The van der Waals surface area contributed by atoms with Crippen LogP contribution in [0.3, 0.4) is 0 Å². The van der Waals surface area contributed by atoms with Crippen molar-refractivity contribution < 1.29 is 38.8 Å². The number of hydroxylamine groups is 2. The largest absolute Gasteiger partial charge is 0.394 e. The van der Waals surface area contributed by atoms with Crippen molar-refractivity contribution in [2.75, 3.05) is 53.2 Å². The summed E-state index contributed by atoms with van der Waals surface area (Å²) >= 11 is 0. The lowest BCUT2D eigenvalue weighted by atomic mass is 10.1. The van der Waals surface area contributed by atoms with Crippen molar-refractivity contribution in [3.8, 4) is 0 Å². The van der Waals surface area contributed by atoms with E-state index in [-0.39, 0.29) is 13.0 Å². The Balaban J connectivity index is 3.38. The molecule has 0 aromatic rings. The standard InChI is InChI=1S/C17H34F5NO4S/c1-23(10-13-25-15-16-26-14-11-24)27-12-8-6-4-2-3-5-7-9-17-28(18,19,20,21)22/h9,17,24H,2-8,10-16H2,1H3. The summed E-state index contributed by atoms with van der Waals surface area (Å²) in [6.07, 6.45) is 5.30. The van der Waals surface area contributed by atoms with Gasteiger partial charge in [-0.25, -0.2) is 0 Å². The van der Waals surface area contributed by atoms with Crippen LogP contribution in [0.5, 0.6) is 0 Å². The first-order chi connectivity index (χ1) is 12.9. The summed E-state index contributed by atoms with van der Waals surface area (Å²) in [4.78, 5) is 5.50. The van der Waals surface area contributed by atoms with E-state index < -0.39 is 15.6 Å². The van der Waals surface area contributed by atoms with E-state index in [1.165, 1.54) is 0 Å². The van der Waals surface area contributed by atoms with Gasteiger partial charge in [-0.15, -0.1) is 0 Å². The van der Waals surface area contributed by atoms with Gasteiger partial charge in [0, 0.05) is 13.6 Å². The fraction of sp³-hybridized carbons (Fsp3) is 0.882. The summed E-state index contributed by atoms with van der Waals surface area (Å²) in [5.74, 6) is 0. The number of aliphatic hydroxyl groups excluding tert-OH is 1. The summed E-state index contributed by atoms with van der Waals surface area (Å²) in [6.45, 7) is 2.91. The van der Waals surface area contributed by atoms with Crippen molar-refractivity contribution in [2.24, 2.45) is 0 Å². The molecule has 11 heteroatoms. The quantitative estimate of drug-likeness (QED) is 0.164. The van der Waals surface area contributed by atoms with Gasteiger partial charge in [0.05, 0.1) is 45.0 Å². The van der Waals surface area contributed by atoms with Gasteiger partial charge in [-0.1, -0.05) is 51.2 Å². The average molecular weight is 444 g/mol. The highest BCUT2D eigenvalue weighted by atomic mass is 32.5. The fourth-order valence-electron chi connectivity index (χ4n) is 2.19. The van der Waals surface area contributed by atoms with E-state index in [9.17, 15) is 19.4 Å². The highest BCUT2D eigenvalue weighted by molar-refractivity contribution is 8.48. The van der Waals surface area contributed by atoms with E-state index in [4.69, 9.17) is 19.4 Å². The molecule has 0 aliphatic carbocycles. The Morgan fingerprint density at radius 3 is 1.96 bits per heavy atom. The molecular weight excluding hydrogens is 409 g/mol. The highest BCUT2D eigenvalue weighted by Crippen LogP contribution is 2.98. The van der Waals surface area contributed by atoms with Crippen LogP contribution >= 0.6 is 10.2 Å². The normalized spacial score (nSPS) is 15.3. The lowest BCUT2D eigenvalue weighted by molar-refractivity contribution is -0.149. The molecule has 28 heavy (non-hydrogen) atoms. The molecule has 1 N–H and O–H groups in total. The molecule has 0 fully saturated rings. The van der Waals surface area contributed by atoms with Gasteiger partial charge >= 0.3 is 10.2 Å². The lowest BCUT2D eigenvalue weighted by Gasteiger charge is -2.36. The van der Waals surface area contributed by atoms with E-state index >= 15 is 0 Å². The summed E-state index contributed by atoms with van der Waals surface area (Å²) in [7, 11) is -7.57. The Morgan fingerprint density at radius 2 is 1.36 bits per heavy atom. The van der Waals surface area contributed by atoms with Crippen molar-refractivity contribution >= 4 is 10.2 Å². The zero-order chi connectivity index (χ0) is 21.4. The molecule has 0 spiro atoms. The Labute approximate surface area is 164 Å². The second-order valence-electron chi connectivity index (χ2n) is 6.44. The molecule has 0 heterocycles. The molecule has 5 nitrogen and oxygen atoms in total. The molecule has 0 saturated heterocycles. The third-order valence-corrected chi connectivity index (χ3v) is 4.30. The zero-order valence-electron chi connectivity index (χ0n) is 16.5. The number of aliphatic hydroxyl groups is 1. The number of unbranched alkanes of at least 4 members (excludes halogenated alkanes) is 6. The number of ether oxygens (including phenoxy) is 2. The van der Waals surface area contributed by atoms with Gasteiger partial charge < -0.3 is 14.6 Å². The first-order valence-electron chi connectivity index (χ1n) is 9.45. The lowest BCUT2D eigenvalue weighted by Crippen LogP contribution is -2.24. The van der Waals surface area contributed by atoms with Gasteiger partial charge in [0.2, 0.25) is 0 Å². The molecule has 0 aromatic carbocycles. The maximum absolute atomic E-state index is 12.0. The van der Waals surface area contributed by atoms with Crippen molar-refractivity contribution in [2.45, 2.75) is 44.9 Å². The van der Waals surface area contributed by atoms with E-state index in [1.54, 1.807) is 5.06 Å². The van der Waals surface area contributed by atoms with E-state index in [1.807, 2.05) is 7.05 Å². The monoisotopic (exact) mass is 443 g/mol. The van der Waals surface area contributed by atoms with Crippen LogP contribution in [0.25, 0.3) is 0 Å². The van der Waals surface area contributed by atoms with Crippen LogP contribution in [0.2, 0.25) is 0 Å². The van der Waals surface area contributed by atoms with Crippen LogP contribution in [0, 0.1) is 0 Å². The molecule has 0 aliphatic rings. The van der Waals surface area contributed by atoms with Crippen molar-refractivity contribution in [1.82, 2.24) is 5.06 Å². The molecule has 0 atom stereocenters. The van der Waals surface area contributed by atoms with Crippen LogP contribution < -0.4 is 0 Å². The number of likely N-dealkylation sites (N-methyl/N-ethyl adjacent to an activating group) is 1. The molecule has 0 radical (unpaired) electrons. The summed E-state index contributed by atoms with van der Waals surface area (Å²) in [6, 6.07) is 0. The first kappa shape index (κ1) is 27.5. The number of hydrogen-bond acceptors (Lipinski definition) is 5. The minimum atomic E-state index is -9.39. The number of halogens is 5. The Morgan fingerprint density at radius 1 is 0.786 bits per heavy atom. The highest BCUT2D eigenvalue weighted by Gasteiger charge is 2.60. The van der Waals surface area contributed by atoms with Gasteiger partial charge in [0.15, 0.2) is 0 Å². The molecule has 0 saturated carbocycles. The minimum absolute atomic E-state index is 0.00172. The fourth-order valence-corrected chi connectivity index (χ4v) is 2.69. The van der Waals surface area contributed by atoms with Crippen LogP contribution in [-0.2, 0) is 14.3 Å². The van der Waals surface area contributed by atoms with Crippen LogP contribution in [0.1, 0.15) is 44.9 Å². The summed E-state index contributed by atoms with van der Waals surface area (Å²) < 4.78 is 70.6. The SMILES string of the molecule is CN(CCOCCOCCO)OCCCCCCCCC=CS(F)(F)(F)(F)F. The van der Waals surface area contributed by atoms with Gasteiger partial charge in [-0.2, -0.15) is 5.06 Å². The van der Waals surface area contributed by atoms with Gasteiger partial charge in [0.1, 0.15) is 0 Å². The van der Waals surface area contributed by atoms with Gasteiger partial charge in [-0.3, -0.25) is 4.84 Å². The number of rotatable bonds is 19. The Kier molecular flexibility index (Phi) is 12.8. The smallest absolute Gasteiger partial charge is 0.304 e. The maximum atomic E-state index is 12.0. The van der Waals surface area contributed by atoms with Gasteiger partial charge in [0.25, 0.3) is 0 Å². The number of nitrogens with zero attached hydrogens (tertiary/aromatic N) is 1. The third kappa shape index (κ3) is 23.6. The molecule has 0 bridgehead atoms. The second kappa shape index (κ2) is 13.0. The summed E-state index contributed by atoms with van der Waals surface area (Å²) in [5, 5.41) is 9.37. The van der Waals surface area contributed by atoms with Crippen LogP contribution in [0.4, 0.5) is 19.4 Å². The molecule has 172 valence electrons. The molecule has 0 rings (SSSR count). The zero-order valence-corrected chi connectivity index (χ0v) is 17.3. The topological polar surface area (TPSA) is 51.2 Å². The van der Waals surface area contributed by atoms with E-state index in [0.29, 0.717) is 58.5 Å². The maximum Gasteiger partial charge on any atom is 0.304 e. The van der Waals surface area contributed by atoms with Crippen molar-refractivity contribution in [1.29, 1.82) is 0 Å². The molecule has 0 aromatic heterocycles. The average Bonchev–Trinajstić information content (AvgIpc) is 2.56. The number of allylic oxidation sites excluding steroid dienone is 1. The minimum Gasteiger partial charge on any atom is -0.394 e. The molecule has 0 amide bonds. The predicted octanol–water partition coefficient (Wildman–Crippen LogP) is 5.42. The van der Waals surface area contributed by atoms with Gasteiger partial charge in [-0.05, 0) is 19.3 Å². The van der Waals surface area contributed by atoms with E-state index in [2.05, 4.69) is 0 Å². The Hall–Kier alpha value is -0.460.